The Morgan fingerprint density at radius 3 is 2.84 bits per heavy atom. The Bertz CT molecular complexity index is 622. The van der Waals surface area contributed by atoms with Crippen LogP contribution in [-0.4, -0.2) is 27.3 Å². The number of hydrogen-bond donors (Lipinski definition) is 1. The number of nitrogens with one attached hydrogen (secondary N) is 1. The number of carbonyl (C=O) groups excluding carboxylic acids is 1. The Labute approximate surface area is 111 Å². The molecule has 1 aliphatic heterocycles. The van der Waals surface area contributed by atoms with Crippen molar-refractivity contribution in [1.29, 1.82) is 0 Å². The monoisotopic (exact) mass is 282 g/mol. The molecular weight excluding hydrogens is 268 g/mol. The minimum Gasteiger partial charge on any atom is -0.469 e. The van der Waals surface area contributed by atoms with Crippen molar-refractivity contribution in [3.8, 4) is 0 Å². The van der Waals surface area contributed by atoms with Crippen LogP contribution in [-0.2, 0) is 19.6 Å². The molecule has 0 saturated heterocycles. The van der Waals surface area contributed by atoms with Gasteiger partial charge in [0.2, 0.25) is 0 Å². The van der Waals surface area contributed by atoms with Gasteiger partial charge in [-0.15, -0.1) is 4.40 Å². The van der Waals surface area contributed by atoms with Gasteiger partial charge in [-0.1, -0.05) is 12.1 Å². The number of hydrogen-bond acceptors (Lipinski definition) is 5. The molecule has 1 N–H and O–H groups in total. The summed E-state index contributed by atoms with van der Waals surface area (Å²) in [6.07, 6.45) is 1.09. The standard InChI is InChI=1S/C12H14N2O4S/c1-18-12(15)8-4-7-11-13-9-5-2-3-6-10(9)19(16,17)14-11/h2-3,5-6H,4,7-8H2,1H3,(H,13,14). The van der Waals surface area contributed by atoms with Crippen molar-refractivity contribution in [2.75, 3.05) is 12.4 Å². The fraction of sp³-hybridized carbons (Fsp3) is 0.333. The second-order valence-electron chi connectivity index (χ2n) is 4.06. The van der Waals surface area contributed by atoms with Crippen molar-refractivity contribution < 1.29 is 17.9 Å². The highest BCUT2D eigenvalue weighted by molar-refractivity contribution is 7.90. The molecule has 0 radical (unpaired) electrons. The third kappa shape index (κ3) is 3.11. The van der Waals surface area contributed by atoms with Crippen molar-refractivity contribution in [1.82, 2.24) is 0 Å². The van der Waals surface area contributed by atoms with E-state index in [1.807, 2.05) is 0 Å². The van der Waals surface area contributed by atoms with Gasteiger partial charge in [-0.2, -0.15) is 8.42 Å². The zero-order chi connectivity index (χ0) is 13.9. The fourth-order valence-corrected chi connectivity index (χ4v) is 2.95. The molecule has 6 nitrogen and oxygen atoms in total. The van der Waals surface area contributed by atoms with E-state index in [2.05, 4.69) is 14.5 Å². The van der Waals surface area contributed by atoms with Crippen molar-refractivity contribution in [2.45, 2.75) is 24.2 Å². The van der Waals surface area contributed by atoms with E-state index in [0.29, 0.717) is 24.4 Å². The smallest absolute Gasteiger partial charge is 0.305 e. The topological polar surface area (TPSA) is 84.8 Å². The fourth-order valence-electron chi connectivity index (χ4n) is 1.78. The number of benzene rings is 1. The number of ether oxygens (including phenoxy) is 1. The molecule has 0 saturated carbocycles. The Balaban J connectivity index is 2.10. The lowest BCUT2D eigenvalue weighted by Gasteiger charge is -2.17. The first-order valence-corrected chi connectivity index (χ1v) is 7.23. The van der Waals surface area contributed by atoms with Gasteiger partial charge >= 0.3 is 5.97 Å². The maximum Gasteiger partial charge on any atom is 0.305 e. The van der Waals surface area contributed by atoms with Crippen molar-refractivity contribution in [3.05, 3.63) is 24.3 Å². The van der Waals surface area contributed by atoms with E-state index in [4.69, 9.17) is 0 Å². The van der Waals surface area contributed by atoms with E-state index in [1.54, 1.807) is 18.2 Å². The van der Waals surface area contributed by atoms with Gasteiger partial charge in [0.25, 0.3) is 10.0 Å². The van der Waals surface area contributed by atoms with Crippen LogP contribution >= 0.6 is 0 Å². The minimum absolute atomic E-state index is 0.173. The molecule has 0 bridgehead atoms. The van der Waals surface area contributed by atoms with Gasteiger partial charge in [0.15, 0.2) is 0 Å². The SMILES string of the molecule is COC(=O)CCCC1=NS(=O)(=O)c2ccccc2N1. The average Bonchev–Trinajstić information content (AvgIpc) is 2.38. The molecule has 1 heterocycles. The van der Waals surface area contributed by atoms with Crippen LogP contribution in [0.3, 0.4) is 0 Å². The first kappa shape index (κ1) is 13.5. The predicted octanol–water partition coefficient (Wildman–Crippen LogP) is 1.54. The molecule has 1 aliphatic rings. The second kappa shape index (κ2) is 5.40. The highest BCUT2D eigenvalue weighted by Gasteiger charge is 2.23. The van der Waals surface area contributed by atoms with Gasteiger partial charge in [-0.3, -0.25) is 4.79 Å². The summed E-state index contributed by atoms with van der Waals surface area (Å²) in [7, 11) is -2.32. The van der Waals surface area contributed by atoms with E-state index < -0.39 is 10.0 Å². The summed E-state index contributed by atoms with van der Waals surface area (Å²) in [5.74, 6) is 0.0299. The lowest BCUT2D eigenvalue weighted by atomic mass is 10.2. The molecule has 19 heavy (non-hydrogen) atoms. The number of amidine groups is 1. The summed E-state index contributed by atoms with van der Waals surface area (Å²) in [4.78, 5) is 11.2. The number of fused-ring (bicyclic) bond motifs is 1. The third-order valence-electron chi connectivity index (χ3n) is 2.70. The quantitative estimate of drug-likeness (QED) is 0.847. The summed E-state index contributed by atoms with van der Waals surface area (Å²) in [5.41, 5.74) is 0.519. The molecule has 102 valence electrons. The van der Waals surface area contributed by atoms with Crippen LogP contribution in [0.15, 0.2) is 33.6 Å². The molecule has 0 aromatic heterocycles. The highest BCUT2D eigenvalue weighted by Crippen LogP contribution is 2.27. The lowest BCUT2D eigenvalue weighted by molar-refractivity contribution is -0.140. The van der Waals surface area contributed by atoms with Crippen molar-refractivity contribution in [3.63, 3.8) is 0 Å². The van der Waals surface area contributed by atoms with Gasteiger partial charge in [-0.05, 0) is 18.6 Å². The zero-order valence-electron chi connectivity index (χ0n) is 10.4. The lowest BCUT2D eigenvalue weighted by Crippen LogP contribution is -2.21. The number of rotatable bonds is 4. The third-order valence-corrected chi connectivity index (χ3v) is 4.07. The molecule has 7 heteroatoms. The molecule has 2 rings (SSSR count). The second-order valence-corrected chi connectivity index (χ2v) is 5.64. The van der Waals surface area contributed by atoms with Crippen molar-refractivity contribution >= 4 is 27.5 Å². The summed E-state index contributed by atoms with van der Waals surface area (Å²) in [6, 6.07) is 6.59. The van der Waals surface area contributed by atoms with Gasteiger partial charge in [0, 0.05) is 12.8 Å². The molecule has 0 spiro atoms. The number of nitrogens with zero attached hydrogens (tertiary/aromatic N) is 1. The van der Waals surface area contributed by atoms with E-state index in [0.717, 1.165) is 0 Å². The zero-order valence-corrected chi connectivity index (χ0v) is 11.2. The van der Waals surface area contributed by atoms with Crippen LogP contribution in [0.25, 0.3) is 0 Å². The number of anilines is 1. The molecule has 0 aliphatic carbocycles. The molecule has 0 atom stereocenters. The van der Waals surface area contributed by atoms with Crippen LogP contribution in [0.4, 0.5) is 5.69 Å². The average molecular weight is 282 g/mol. The van der Waals surface area contributed by atoms with Gasteiger partial charge in [0.05, 0.1) is 12.8 Å². The van der Waals surface area contributed by atoms with Crippen LogP contribution in [0.1, 0.15) is 19.3 Å². The highest BCUT2D eigenvalue weighted by atomic mass is 32.2. The van der Waals surface area contributed by atoms with Gasteiger partial charge in [-0.25, -0.2) is 0 Å². The Morgan fingerprint density at radius 1 is 1.37 bits per heavy atom. The number of para-hydroxylation sites is 1. The van der Waals surface area contributed by atoms with Crippen LogP contribution in [0.2, 0.25) is 0 Å². The molecular formula is C12H14N2O4S. The maximum atomic E-state index is 11.9. The molecule has 0 unspecified atom stereocenters. The van der Waals surface area contributed by atoms with E-state index in [1.165, 1.54) is 13.2 Å². The molecule has 0 amide bonds. The van der Waals surface area contributed by atoms with Gasteiger partial charge < -0.3 is 10.1 Å². The molecule has 1 aromatic carbocycles. The number of carbonyl (C=O) groups is 1. The minimum atomic E-state index is -3.64. The normalized spacial score (nSPS) is 15.9. The van der Waals surface area contributed by atoms with Crippen LogP contribution in [0.5, 0.6) is 0 Å². The van der Waals surface area contributed by atoms with Crippen molar-refractivity contribution in [2.24, 2.45) is 4.40 Å². The predicted molar refractivity (Wildman–Crippen MR) is 70.6 cm³/mol. The summed E-state index contributed by atoms with van der Waals surface area (Å²) in [6.45, 7) is 0. The van der Waals surface area contributed by atoms with E-state index in [9.17, 15) is 13.2 Å². The van der Waals surface area contributed by atoms with Gasteiger partial charge in [0.1, 0.15) is 10.7 Å². The van der Waals surface area contributed by atoms with E-state index >= 15 is 0 Å². The molecule has 0 fully saturated rings. The maximum absolute atomic E-state index is 11.9. The summed E-state index contributed by atoms with van der Waals surface area (Å²) in [5, 5.41) is 2.96. The Hall–Kier alpha value is -1.89. The Morgan fingerprint density at radius 2 is 2.11 bits per heavy atom. The first-order chi connectivity index (χ1) is 9.03. The van der Waals surface area contributed by atoms with E-state index in [-0.39, 0.29) is 17.3 Å². The number of esters is 1. The Kier molecular flexibility index (Phi) is 3.84. The summed E-state index contributed by atoms with van der Waals surface area (Å²) < 4.78 is 32.1. The number of sulfonamides is 1. The van der Waals surface area contributed by atoms with Crippen LogP contribution in [0, 0.1) is 0 Å². The number of methoxy groups -OCH3 is 1. The van der Waals surface area contributed by atoms with Crippen LogP contribution < -0.4 is 5.32 Å². The summed E-state index contributed by atoms with van der Waals surface area (Å²) >= 11 is 0. The first-order valence-electron chi connectivity index (χ1n) is 5.79. The molecule has 1 aromatic rings. The largest absolute Gasteiger partial charge is 0.469 e.